The van der Waals surface area contributed by atoms with Crippen LogP contribution in [0.1, 0.15) is 43.7 Å². The van der Waals surface area contributed by atoms with Crippen LogP contribution < -0.4 is 0 Å². The fraction of sp³-hybridized carbons (Fsp3) is 0.364. The molecule has 1 saturated heterocycles. The number of carbonyl (C=O) groups excluding carboxylic acids is 2. The lowest BCUT2D eigenvalue weighted by Gasteiger charge is -2.38. The molecule has 2 atom stereocenters. The fourth-order valence-corrected chi connectivity index (χ4v) is 4.59. The minimum atomic E-state index is -0.701. The summed E-state index contributed by atoms with van der Waals surface area (Å²) in [5.74, 6) is -0.375. The number of thiophene rings is 1. The molecule has 8 heteroatoms. The van der Waals surface area contributed by atoms with Crippen molar-refractivity contribution in [3.8, 4) is 16.4 Å². The van der Waals surface area contributed by atoms with E-state index in [1.807, 2.05) is 66.6 Å². The number of amides is 1. The van der Waals surface area contributed by atoms with E-state index in [1.165, 1.54) is 11.3 Å². The van der Waals surface area contributed by atoms with E-state index in [0.717, 1.165) is 29.8 Å². The van der Waals surface area contributed by atoms with E-state index in [1.54, 1.807) is 4.68 Å². The number of esters is 1. The van der Waals surface area contributed by atoms with Gasteiger partial charge in [0.1, 0.15) is 0 Å². The van der Waals surface area contributed by atoms with Gasteiger partial charge in [0.05, 0.1) is 10.6 Å². The maximum atomic E-state index is 12.6. The smallest absolute Gasteiger partial charge is 0.378 e. The Morgan fingerprint density at radius 1 is 1.10 bits per heavy atom. The number of piperidine rings is 1. The second-order valence-electron chi connectivity index (χ2n) is 7.49. The van der Waals surface area contributed by atoms with Gasteiger partial charge in [0.2, 0.25) is 0 Å². The van der Waals surface area contributed by atoms with Gasteiger partial charge in [-0.3, -0.25) is 4.79 Å². The number of aromatic nitrogens is 3. The Hall–Kier alpha value is -3.00. The average Bonchev–Trinajstić information content (AvgIpc) is 3.42. The first-order valence-electron chi connectivity index (χ1n) is 10.1. The fourth-order valence-electron chi connectivity index (χ4n) is 3.89. The van der Waals surface area contributed by atoms with Gasteiger partial charge in [-0.2, -0.15) is 4.98 Å². The van der Waals surface area contributed by atoms with Crippen molar-refractivity contribution in [3.05, 3.63) is 53.7 Å². The minimum Gasteiger partial charge on any atom is -0.450 e. The summed E-state index contributed by atoms with van der Waals surface area (Å²) in [5, 5.41) is 6.31. The van der Waals surface area contributed by atoms with Crippen LogP contribution in [0.3, 0.4) is 0 Å². The first-order valence-corrected chi connectivity index (χ1v) is 11.0. The quantitative estimate of drug-likeness (QED) is 0.580. The highest BCUT2D eigenvalue weighted by Gasteiger charge is 2.30. The molecule has 0 saturated carbocycles. The molecule has 1 fully saturated rings. The number of rotatable bonds is 5. The lowest BCUT2D eigenvalue weighted by Crippen LogP contribution is -2.49. The van der Waals surface area contributed by atoms with Crippen molar-refractivity contribution >= 4 is 23.2 Å². The van der Waals surface area contributed by atoms with E-state index in [-0.39, 0.29) is 30.4 Å². The van der Waals surface area contributed by atoms with Crippen LogP contribution in [-0.2, 0) is 9.53 Å². The largest absolute Gasteiger partial charge is 0.450 e. The summed E-state index contributed by atoms with van der Waals surface area (Å²) < 4.78 is 6.92. The van der Waals surface area contributed by atoms with E-state index >= 15 is 0 Å². The SMILES string of the molecule is CC1CCCC(C)N1C(=O)COC(=O)c1nc(-c2cccs2)n(-c2ccccc2)n1. The van der Waals surface area contributed by atoms with E-state index in [2.05, 4.69) is 10.1 Å². The number of benzene rings is 1. The second kappa shape index (κ2) is 8.79. The van der Waals surface area contributed by atoms with Crippen molar-refractivity contribution < 1.29 is 14.3 Å². The minimum absolute atomic E-state index is 0.0604. The molecule has 2 aromatic heterocycles. The standard InChI is InChI=1S/C22H24N4O3S/c1-15-8-6-9-16(2)25(15)19(27)14-29-22(28)20-23-21(18-12-7-13-30-18)26(24-20)17-10-4-3-5-11-17/h3-5,7,10-13,15-16H,6,8-9,14H2,1-2H3. The molecule has 2 unspecified atom stereocenters. The van der Waals surface area contributed by atoms with Crippen molar-refractivity contribution in [2.75, 3.05) is 6.61 Å². The highest BCUT2D eigenvalue weighted by atomic mass is 32.1. The molecule has 1 aromatic carbocycles. The Labute approximate surface area is 179 Å². The van der Waals surface area contributed by atoms with Crippen molar-refractivity contribution in [2.45, 2.75) is 45.2 Å². The summed E-state index contributed by atoms with van der Waals surface area (Å²) in [6, 6.07) is 13.6. The summed E-state index contributed by atoms with van der Waals surface area (Å²) in [4.78, 5) is 32.4. The van der Waals surface area contributed by atoms with Crippen LogP contribution in [0.2, 0.25) is 0 Å². The third-order valence-electron chi connectivity index (χ3n) is 5.34. The highest BCUT2D eigenvalue weighted by Crippen LogP contribution is 2.26. The maximum Gasteiger partial charge on any atom is 0.378 e. The molecule has 0 radical (unpaired) electrons. The second-order valence-corrected chi connectivity index (χ2v) is 8.44. The van der Waals surface area contributed by atoms with Crippen LogP contribution in [0.15, 0.2) is 47.8 Å². The van der Waals surface area contributed by atoms with Gasteiger partial charge >= 0.3 is 5.97 Å². The molecule has 4 rings (SSSR count). The normalized spacial score (nSPS) is 18.9. The average molecular weight is 425 g/mol. The summed E-state index contributed by atoms with van der Waals surface area (Å²) in [6.07, 6.45) is 3.05. The first-order chi connectivity index (χ1) is 14.5. The third-order valence-corrected chi connectivity index (χ3v) is 6.21. The van der Waals surface area contributed by atoms with Crippen LogP contribution in [0.4, 0.5) is 0 Å². The number of carbonyl (C=O) groups is 2. The third kappa shape index (κ3) is 4.14. The Morgan fingerprint density at radius 3 is 2.50 bits per heavy atom. The van der Waals surface area contributed by atoms with Gasteiger partial charge in [0.15, 0.2) is 12.4 Å². The summed E-state index contributed by atoms with van der Waals surface area (Å²) in [7, 11) is 0. The molecule has 7 nitrogen and oxygen atoms in total. The van der Waals surface area contributed by atoms with Crippen LogP contribution >= 0.6 is 11.3 Å². The van der Waals surface area contributed by atoms with Gasteiger partial charge in [0, 0.05) is 12.1 Å². The van der Waals surface area contributed by atoms with E-state index in [0.29, 0.717) is 5.82 Å². The summed E-state index contributed by atoms with van der Waals surface area (Å²) in [5.41, 5.74) is 0.791. The molecule has 30 heavy (non-hydrogen) atoms. The molecular formula is C22H24N4O3S. The Morgan fingerprint density at radius 2 is 1.83 bits per heavy atom. The number of hydrogen-bond donors (Lipinski definition) is 0. The van der Waals surface area contributed by atoms with Crippen LogP contribution in [0.5, 0.6) is 0 Å². The Kier molecular flexibility index (Phi) is 5.94. The first kappa shape index (κ1) is 20.3. The summed E-state index contributed by atoms with van der Waals surface area (Å²) in [6.45, 7) is 3.76. The van der Waals surface area contributed by atoms with Gasteiger partial charge in [-0.05, 0) is 56.7 Å². The van der Waals surface area contributed by atoms with Crippen molar-refractivity contribution in [3.63, 3.8) is 0 Å². The van der Waals surface area contributed by atoms with E-state index in [9.17, 15) is 9.59 Å². The molecule has 3 heterocycles. The zero-order valence-electron chi connectivity index (χ0n) is 17.0. The Balaban J connectivity index is 1.52. The predicted octanol–water partition coefficient (Wildman–Crippen LogP) is 3.94. The van der Waals surface area contributed by atoms with E-state index in [4.69, 9.17) is 4.74 Å². The predicted molar refractivity (Wildman–Crippen MR) is 115 cm³/mol. The molecule has 156 valence electrons. The van der Waals surface area contributed by atoms with Gasteiger partial charge < -0.3 is 9.64 Å². The van der Waals surface area contributed by atoms with Gasteiger partial charge in [0.25, 0.3) is 11.7 Å². The Bertz CT molecular complexity index is 1010. The molecule has 0 aliphatic carbocycles. The van der Waals surface area contributed by atoms with Gasteiger partial charge in [-0.1, -0.05) is 24.3 Å². The summed E-state index contributed by atoms with van der Waals surface area (Å²) >= 11 is 1.51. The van der Waals surface area contributed by atoms with Gasteiger partial charge in [-0.25, -0.2) is 9.48 Å². The molecule has 0 bridgehead atoms. The topological polar surface area (TPSA) is 77.3 Å². The van der Waals surface area contributed by atoms with Crippen molar-refractivity contribution in [2.24, 2.45) is 0 Å². The molecule has 1 amide bonds. The van der Waals surface area contributed by atoms with Crippen LogP contribution in [0.25, 0.3) is 16.4 Å². The number of likely N-dealkylation sites (tertiary alicyclic amines) is 1. The highest BCUT2D eigenvalue weighted by molar-refractivity contribution is 7.13. The van der Waals surface area contributed by atoms with Crippen molar-refractivity contribution in [1.82, 2.24) is 19.7 Å². The lowest BCUT2D eigenvalue weighted by molar-refractivity contribution is -0.140. The number of nitrogens with zero attached hydrogens (tertiary/aromatic N) is 4. The zero-order valence-corrected chi connectivity index (χ0v) is 17.8. The number of para-hydroxylation sites is 1. The molecule has 3 aromatic rings. The van der Waals surface area contributed by atoms with Gasteiger partial charge in [-0.15, -0.1) is 16.4 Å². The molecular weight excluding hydrogens is 400 g/mol. The number of hydrogen-bond acceptors (Lipinski definition) is 6. The zero-order chi connectivity index (χ0) is 21.1. The van der Waals surface area contributed by atoms with E-state index < -0.39 is 5.97 Å². The number of ether oxygens (including phenoxy) is 1. The molecule has 0 spiro atoms. The molecule has 0 N–H and O–H groups in total. The van der Waals surface area contributed by atoms with Crippen LogP contribution in [0, 0.1) is 0 Å². The van der Waals surface area contributed by atoms with Crippen molar-refractivity contribution in [1.29, 1.82) is 0 Å². The molecule has 1 aliphatic heterocycles. The van der Waals surface area contributed by atoms with Crippen LogP contribution in [-0.4, -0.2) is 50.2 Å². The maximum absolute atomic E-state index is 12.6. The monoisotopic (exact) mass is 424 g/mol. The molecule has 1 aliphatic rings. The lowest BCUT2D eigenvalue weighted by atomic mass is 9.97.